The number of hydrogen-bond donors (Lipinski definition) is 2. The minimum atomic E-state index is -0.517. The smallest absolute Gasteiger partial charge is 0.235 e. The highest BCUT2D eigenvalue weighted by Crippen LogP contribution is 2.34. The molecule has 0 saturated heterocycles. The van der Waals surface area contributed by atoms with Crippen LogP contribution in [0, 0.1) is 11.7 Å². The maximum absolute atomic E-state index is 14.2. The zero-order valence-electron chi connectivity index (χ0n) is 15.5. The molecule has 1 aliphatic heterocycles. The van der Waals surface area contributed by atoms with Crippen LogP contribution in [0.2, 0.25) is 0 Å². The lowest BCUT2D eigenvalue weighted by atomic mass is 9.88. The van der Waals surface area contributed by atoms with Gasteiger partial charge in [0.1, 0.15) is 24.1 Å². The highest BCUT2D eigenvalue weighted by atomic mass is 19.1. The highest BCUT2D eigenvalue weighted by molar-refractivity contribution is 5.98. The zero-order chi connectivity index (χ0) is 19.5. The number of hydrogen-bond acceptors (Lipinski definition) is 3. The van der Waals surface area contributed by atoms with Gasteiger partial charge in [-0.1, -0.05) is 37.5 Å². The molecule has 0 spiro atoms. The molecule has 2 aromatic rings. The first-order chi connectivity index (χ1) is 13.6. The third kappa shape index (κ3) is 3.86. The van der Waals surface area contributed by atoms with Crippen LogP contribution in [-0.4, -0.2) is 18.4 Å². The Labute approximate surface area is 163 Å². The quantitative estimate of drug-likeness (QED) is 0.820. The van der Waals surface area contributed by atoms with Gasteiger partial charge in [-0.3, -0.25) is 9.59 Å². The van der Waals surface area contributed by atoms with Crippen LogP contribution in [0.5, 0.6) is 5.75 Å². The van der Waals surface area contributed by atoms with Gasteiger partial charge in [0.2, 0.25) is 11.8 Å². The van der Waals surface area contributed by atoms with Gasteiger partial charge in [-0.2, -0.15) is 0 Å². The molecule has 4 rings (SSSR count). The molecule has 1 fully saturated rings. The number of anilines is 2. The number of amides is 2. The van der Waals surface area contributed by atoms with Gasteiger partial charge in [-0.15, -0.1) is 0 Å². The number of benzene rings is 2. The Balaban J connectivity index is 1.45. The molecule has 0 bridgehead atoms. The fourth-order valence-corrected chi connectivity index (χ4v) is 3.91. The van der Waals surface area contributed by atoms with Crippen molar-refractivity contribution in [2.24, 2.45) is 5.92 Å². The summed E-state index contributed by atoms with van der Waals surface area (Å²) in [4.78, 5) is 25.1. The van der Waals surface area contributed by atoms with Gasteiger partial charge in [-0.05, 0) is 37.1 Å². The highest BCUT2D eigenvalue weighted by Gasteiger charge is 2.30. The van der Waals surface area contributed by atoms with Crippen LogP contribution in [0.25, 0.3) is 0 Å². The number of para-hydroxylation sites is 1. The summed E-state index contributed by atoms with van der Waals surface area (Å²) in [6.45, 7) is 0.275. The Morgan fingerprint density at radius 2 is 1.75 bits per heavy atom. The van der Waals surface area contributed by atoms with Gasteiger partial charge in [0.05, 0.1) is 5.69 Å². The number of carbonyl (C=O) groups is 2. The topological polar surface area (TPSA) is 67.4 Å². The van der Waals surface area contributed by atoms with E-state index in [4.69, 9.17) is 4.74 Å². The van der Waals surface area contributed by atoms with Gasteiger partial charge in [-0.25, -0.2) is 4.39 Å². The van der Waals surface area contributed by atoms with E-state index in [-0.39, 0.29) is 30.0 Å². The van der Waals surface area contributed by atoms with Gasteiger partial charge < -0.3 is 15.4 Å². The summed E-state index contributed by atoms with van der Waals surface area (Å²) in [7, 11) is 0. The first-order valence-corrected chi connectivity index (χ1v) is 9.75. The summed E-state index contributed by atoms with van der Waals surface area (Å²) >= 11 is 0. The van der Waals surface area contributed by atoms with E-state index in [0.717, 1.165) is 37.7 Å². The van der Waals surface area contributed by atoms with Crippen LogP contribution < -0.4 is 15.4 Å². The number of rotatable bonds is 4. The van der Waals surface area contributed by atoms with Gasteiger partial charge in [0, 0.05) is 17.2 Å². The van der Waals surface area contributed by atoms with Crippen LogP contribution in [0.4, 0.5) is 15.8 Å². The summed E-state index contributed by atoms with van der Waals surface area (Å²) in [5.74, 6) is -0.666. The van der Waals surface area contributed by atoms with Crippen molar-refractivity contribution in [3.8, 4) is 5.75 Å². The molecule has 1 saturated carbocycles. The third-order valence-electron chi connectivity index (χ3n) is 5.48. The Morgan fingerprint density at radius 3 is 2.57 bits per heavy atom. The van der Waals surface area contributed by atoms with Crippen LogP contribution >= 0.6 is 0 Å². The van der Waals surface area contributed by atoms with E-state index in [2.05, 4.69) is 10.6 Å². The van der Waals surface area contributed by atoms with E-state index in [9.17, 15) is 14.0 Å². The molecular weight excluding hydrogens is 359 g/mol. The lowest BCUT2D eigenvalue weighted by Crippen LogP contribution is -2.25. The van der Waals surface area contributed by atoms with Crippen LogP contribution in [0.3, 0.4) is 0 Å². The summed E-state index contributed by atoms with van der Waals surface area (Å²) < 4.78 is 19.7. The molecule has 1 unspecified atom stereocenters. The lowest BCUT2D eigenvalue weighted by molar-refractivity contribution is -0.120. The molecular formula is C22H23FN2O3. The van der Waals surface area contributed by atoms with E-state index < -0.39 is 11.7 Å². The molecule has 6 heteroatoms. The maximum Gasteiger partial charge on any atom is 0.235 e. The molecule has 1 heterocycles. The number of fused-ring (bicyclic) bond motifs is 1. The fraction of sp³-hybridized carbons (Fsp3) is 0.364. The molecule has 5 nitrogen and oxygen atoms in total. The zero-order valence-corrected chi connectivity index (χ0v) is 15.5. The van der Waals surface area contributed by atoms with Crippen molar-refractivity contribution in [2.45, 2.75) is 38.0 Å². The van der Waals surface area contributed by atoms with Crippen molar-refractivity contribution >= 4 is 23.2 Å². The molecule has 1 atom stereocenters. The Bertz CT molecular complexity index is 893. The largest absolute Gasteiger partial charge is 0.492 e. The SMILES string of the molecule is O=C(Nc1cc(NC(=O)C2COc3ccccc32)ccc1F)C1CCCCC1. The van der Waals surface area contributed by atoms with Crippen molar-refractivity contribution in [2.75, 3.05) is 17.2 Å². The number of ether oxygens (including phenoxy) is 1. The first-order valence-electron chi connectivity index (χ1n) is 9.75. The average Bonchev–Trinajstić information content (AvgIpc) is 3.15. The number of halogens is 1. The molecule has 1 aliphatic carbocycles. The van der Waals surface area contributed by atoms with Crippen molar-refractivity contribution in [1.29, 1.82) is 0 Å². The van der Waals surface area contributed by atoms with Gasteiger partial charge in [0.25, 0.3) is 0 Å². The van der Waals surface area contributed by atoms with E-state index in [1.165, 1.54) is 18.2 Å². The van der Waals surface area contributed by atoms with Crippen molar-refractivity contribution in [1.82, 2.24) is 0 Å². The summed E-state index contributed by atoms with van der Waals surface area (Å²) in [6, 6.07) is 11.6. The Morgan fingerprint density at radius 1 is 0.964 bits per heavy atom. The minimum absolute atomic E-state index is 0.0708. The van der Waals surface area contributed by atoms with Crippen molar-refractivity contribution in [3.05, 3.63) is 53.8 Å². The van der Waals surface area contributed by atoms with Crippen molar-refractivity contribution in [3.63, 3.8) is 0 Å². The molecule has 2 aliphatic rings. The summed E-state index contributed by atoms with van der Waals surface area (Å²) in [5, 5.41) is 5.50. The second-order valence-corrected chi connectivity index (χ2v) is 7.41. The Hall–Kier alpha value is -2.89. The third-order valence-corrected chi connectivity index (χ3v) is 5.48. The van der Waals surface area contributed by atoms with Gasteiger partial charge >= 0.3 is 0 Å². The molecule has 28 heavy (non-hydrogen) atoms. The minimum Gasteiger partial charge on any atom is -0.492 e. The average molecular weight is 382 g/mol. The number of carbonyl (C=O) groups excluding carboxylic acids is 2. The lowest BCUT2D eigenvalue weighted by Gasteiger charge is -2.21. The monoisotopic (exact) mass is 382 g/mol. The predicted octanol–water partition coefficient (Wildman–Crippen LogP) is 4.46. The normalized spacial score (nSPS) is 18.8. The maximum atomic E-state index is 14.2. The summed E-state index contributed by atoms with van der Waals surface area (Å²) in [6.07, 6.45) is 4.88. The second-order valence-electron chi connectivity index (χ2n) is 7.41. The van der Waals surface area contributed by atoms with E-state index in [1.54, 1.807) is 0 Å². The van der Waals surface area contributed by atoms with Crippen LogP contribution in [0.1, 0.15) is 43.6 Å². The molecule has 0 aromatic heterocycles. The Kier molecular flexibility index (Phi) is 5.28. The molecule has 2 amide bonds. The molecule has 0 radical (unpaired) electrons. The standard InChI is InChI=1S/C22H23FN2O3/c23-18-11-10-15(12-19(18)25-21(26)14-6-2-1-3-7-14)24-22(27)17-13-28-20-9-5-4-8-16(17)20/h4-5,8-12,14,17H,1-3,6-7,13H2,(H,24,27)(H,25,26). The van der Waals surface area contributed by atoms with E-state index in [1.807, 2.05) is 24.3 Å². The van der Waals surface area contributed by atoms with Crippen LogP contribution in [-0.2, 0) is 9.59 Å². The second kappa shape index (κ2) is 8.00. The first kappa shape index (κ1) is 18.5. The van der Waals surface area contributed by atoms with Crippen molar-refractivity contribution < 1.29 is 18.7 Å². The van der Waals surface area contributed by atoms with Gasteiger partial charge in [0.15, 0.2) is 0 Å². The summed E-state index contributed by atoms with van der Waals surface area (Å²) in [5.41, 5.74) is 1.37. The van der Waals surface area contributed by atoms with E-state index in [0.29, 0.717) is 11.4 Å². The molecule has 2 N–H and O–H groups in total. The number of nitrogens with one attached hydrogen (secondary N) is 2. The van der Waals surface area contributed by atoms with Crippen LogP contribution in [0.15, 0.2) is 42.5 Å². The predicted molar refractivity (Wildman–Crippen MR) is 105 cm³/mol. The molecule has 2 aromatic carbocycles. The molecule has 146 valence electrons. The van der Waals surface area contributed by atoms with E-state index >= 15 is 0 Å². The fourth-order valence-electron chi connectivity index (χ4n) is 3.91.